The Bertz CT molecular complexity index is 472. The maximum Gasteiger partial charge on any atom is 0.0468 e. The molecule has 20 heavy (non-hydrogen) atoms. The zero-order valence-corrected chi connectivity index (χ0v) is 13.4. The van der Waals surface area contributed by atoms with Gasteiger partial charge in [-0.1, -0.05) is 70.2 Å². The second kappa shape index (κ2) is 7.84. The topological polar surface area (TPSA) is 12.4 Å². The zero-order chi connectivity index (χ0) is 15.0. The Balaban J connectivity index is 2.89. The molecule has 1 atom stereocenters. The average molecular weight is 269 g/mol. The SMILES string of the molecule is CCC(C)N=C/C=C(\C=C\c1ccccc1)C(C)(C)C. The van der Waals surface area contributed by atoms with Gasteiger partial charge in [-0.3, -0.25) is 4.99 Å². The first-order valence-corrected chi connectivity index (χ1v) is 7.40. The molecule has 0 saturated carbocycles. The summed E-state index contributed by atoms with van der Waals surface area (Å²) < 4.78 is 0. The fraction of sp³-hybridized carbons (Fsp3) is 0.421. The van der Waals surface area contributed by atoms with Gasteiger partial charge in [0.2, 0.25) is 0 Å². The van der Waals surface area contributed by atoms with Gasteiger partial charge in [0, 0.05) is 12.3 Å². The van der Waals surface area contributed by atoms with Crippen molar-refractivity contribution < 1.29 is 0 Å². The highest BCUT2D eigenvalue weighted by Gasteiger charge is 2.13. The summed E-state index contributed by atoms with van der Waals surface area (Å²) in [4.78, 5) is 4.52. The highest BCUT2D eigenvalue weighted by atomic mass is 14.7. The molecule has 0 spiro atoms. The van der Waals surface area contributed by atoms with E-state index in [0.717, 1.165) is 6.42 Å². The molecule has 0 saturated heterocycles. The smallest absolute Gasteiger partial charge is 0.0468 e. The molecular weight excluding hydrogens is 242 g/mol. The number of hydrogen-bond acceptors (Lipinski definition) is 1. The third-order valence-corrected chi connectivity index (χ3v) is 3.31. The second-order valence-electron chi connectivity index (χ2n) is 6.17. The fourth-order valence-electron chi connectivity index (χ4n) is 1.68. The Hall–Kier alpha value is -1.63. The predicted molar refractivity (Wildman–Crippen MR) is 91.3 cm³/mol. The van der Waals surface area contributed by atoms with Crippen LogP contribution in [0, 0.1) is 5.41 Å². The fourth-order valence-corrected chi connectivity index (χ4v) is 1.68. The quantitative estimate of drug-likeness (QED) is 0.491. The highest BCUT2D eigenvalue weighted by Crippen LogP contribution is 2.26. The molecule has 0 radical (unpaired) electrons. The molecule has 0 amide bonds. The van der Waals surface area contributed by atoms with Crippen molar-refractivity contribution in [1.29, 1.82) is 0 Å². The third kappa shape index (κ3) is 6.01. The van der Waals surface area contributed by atoms with Gasteiger partial charge in [0.15, 0.2) is 0 Å². The van der Waals surface area contributed by atoms with Crippen LogP contribution in [-0.4, -0.2) is 12.3 Å². The number of rotatable bonds is 5. The van der Waals surface area contributed by atoms with Gasteiger partial charge in [0.25, 0.3) is 0 Å². The lowest BCUT2D eigenvalue weighted by Crippen LogP contribution is -2.08. The van der Waals surface area contributed by atoms with Crippen LogP contribution in [0.3, 0.4) is 0 Å². The summed E-state index contributed by atoms with van der Waals surface area (Å²) in [7, 11) is 0. The average Bonchev–Trinajstić information content (AvgIpc) is 2.42. The first-order valence-electron chi connectivity index (χ1n) is 7.40. The number of benzene rings is 1. The molecule has 108 valence electrons. The summed E-state index contributed by atoms with van der Waals surface area (Å²) in [5, 5.41) is 0. The molecule has 1 nitrogen and oxygen atoms in total. The van der Waals surface area contributed by atoms with Gasteiger partial charge in [-0.2, -0.15) is 0 Å². The largest absolute Gasteiger partial charge is 0.290 e. The van der Waals surface area contributed by atoms with E-state index in [1.165, 1.54) is 11.1 Å². The molecule has 0 fully saturated rings. The molecule has 1 aromatic carbocycles. The summed E-state index contributed by atoms with van der Waals surface area (Å²) in [6, 6.07) is 10.8. The molecule has 0 N–H and O–H groups in total. The molecule has 0 heterocycles. The molecule has 0 bridgehead atoms. The number of aliphatic imine (C=N–C) groups is 1. The van der Waals surface area contributed by atoms with E-state index in [2.05, 4.69) is 82.1 Å². The van der Waals surface area contributed by atoms with E-state index in [4.69, 9.17) is 0 Å². The molecule has 1 rings (SSSR count). The summed E-state index contributed by atoms with van der Waals surface area (Å²) >= 11 is 0. The Morgan fingerprint density at radius 3 is 2.40 bits per heavy atom. The third-order valence-electron chi connectivity index (χ3n) is 3.31. The van der Waals surface area contributed by atoms with E-state index < -0.39 is 0 Å². The van der Waals surface area contributed by atoms with Crippen LogP contribution in [-0.2, 0) is 0 Å². The van der Waals surface area contributed by atoms with Crippen LogP contribution in [0.1, 0.15) is 46.6 Å². The Morgan fingerprint density at radius 1 is 1.20 bits per heavy atom. The first kappa shape index (κ1) is 16.4. The van der Waals surface area contributed by atoms with Crippen molar-refractivity contribution in [2.45, 2.75) is 47.1 Å². The van der Waals surface area contributed by atoms with Crippen molar-refractivity contribution in [3.63, 3.8) is 0 Å². The van der Waals surface area contributed by atoms with E-state index in [1.54, 1.807) is 0 Å². The van der Waals surface area contributed by atoms with Crippen LogP contribution < -0.4 is 0 Å². The van der Waals surface area contributed by atoms with Crippen LogP contribution in [0.25, 0.3) is 6.08 Å². The van der Waals surface area contributed by atoms with Crippen molar-refractivity contribution in [2.75, 3.05) is 0 Å². The second-order valence-corrected chi connectivity index (χ2v) is 6.17. The number of allylic oxidation sites excluding steroid dienone is 3. The Labute approximate surface area is 124 Å². The number of nitrogens with zero attached hydrogens (tertiary/aromatic N) is 1. The van der Waals surface area contributed by atoms with E-state index in [1.807, 2.05) is 12.3 Å². The molecule has 0 aliphatic heterocycles. The monoisotopic (exact) mass is 269 g/mol. The molecule has 1 aromatic rings. The first-order chi connectivity index (χ1) is 9.43. The lowest BCUT2D eigenvalue weighted by Gasteiger charge is -2.19. The normalized spacial score (nSPS) is 15.2. The van der Waals surface area contributed by atoms with Crippen molar-refractivity contribution >= 4 is 12.3 Å². The van der Waals surface area contributed by atoms with Crippen LogP contribution in [0.2, 0.25) is 0 Å². The van der Waals surface area contributed by atoms with Gasteiger partial charge in [-0.05, 0) is 36.0 Å². The van der Waals surface area contributed by atoms with Crippen LogP contribution in [0.15, 0.2) is 53.0 Å². The van der Waals surface area contributed by atoms with Gasteiger partial charge in [0.1, 0.15) is 0 Å². The van der Waals surface area contributed by atoms with Gasteiger partial charge < -0.3 is 0 Å². The van der Waals surface area contributed by atoms with Crippen molar-refractivity contribution in [3.8, 4) is 0 Å². The molecule has 0 aliphatic rings. The summed E-state index contributed by atoms with van der Waals surface area (Å²) in [5.41, 5.74) is 2.63. The predicted octanol–water partition coefficient (Wildman–Crippen LogP) is 5.54. The maximum atomic E-state index is 4.52. The molecule has 1 heteroatoms. The standard InChI is InChI=1S/C19H27N/c1-6-16(2)20-15-14-18(19(3,4)5)13-12-17-10-8-7-9-11-17/h7-16H,6H2,1-5H3/b13-12+,18-14+,20-15?. The molecule has 0 aromatic heterocycles. The zero-order valence-electron chi connectivity index (χ0n) is 13.4. The van der Waals surface area contributed by atoms with Crippen LogP contribution in [0.4, 0.5) is 0 Å². The summed E-state index contributed by atoms with van der Waals surface area (Å²) in [5.74, 6) is 0. The van der Waals surface area contributed by atoms with E-state index >= 15 is 0 Å². The lowest BCUT2D eigenvalue weighted by molar-refractivity contribution is 0.518. The lowest BCUT2D eigenvalue weighted by atomic mass is 9.85. The van der Waals surface area contributed by atoms with E-state index in [0.29, 0.717) is 6.04 Å². The molecule has 1 unspecified atom stereocenters. The summed E-state index contributed by atoms with van der Waals surface area (Å²) in [6.45, 7) is 11.0. The van der Waals surface area contributed by atoms with Crippen molar-refractivity contribution in [3.05, 3.63) is 53.6 Å². The Kier molecular flexibility index (Phi) is 6.44. The van der Waals surface area contributed by atoms with Gasteiger partial charge in [-0.15, -0.1) is 0 Å². The molecule has 0 aliphatic carbocycles. The minimum Gasteiger partial charge on any atom is -0.290 e. The van der Waals surface area contributed by atoms with Crippen molar-refractivity contribution in [2.24, 2.45) is 10.4 Å². The Morgan fingerprint density at radius 2 is 1.85 bits per heavy atom. The number of hydrogen-bond donors (Lipinski definition) is 0. The molecular formula is C19H27N. The van der Waals surface area contributed by atoms with Gasteiger partial charge in [0.05, 0.1) is 0 Å². The minimum atomic E-state index is 0.118. The van der Waals surface area contributed by atoms with E-state index in [-0.39, 0.29) is 5.41 Å². The van der Waals surface area contributed by atoms with E-state index in [9.17, 15) is 0 Å². The summed E-state index contributed by atoms with van der Waals surface area (Å²) in [6.07, 6.45) is 9.51. The van der Waals surface area contributed by atoms with Crippen LogP contribution >= 0.6 is 0 Å². The maximum absolute atomic E-state index is 4.52. The minimum absolute atomic E-state index is 0.118. The highest BCUT2D eigenvalue weighted by molar-refractivity contribution is 5.74. The van der Waals surface area contributed by atoms with Crippen molar-refractivity contribution in [1.82, 2.24) is 0 Å². The van der Waals surface area contributed by atoms with Gasteiger partial charge in [-0.25, -0.2) is 0 Å². The van der Waals surface area contributed by atoms with Crippen LogP contribution in [0.5, 0.6) is 0 Å². The van der Waals surface area contributed by atoms with Gasteiger partial charge >= 0.3 is 0 Å².